The van der Waals surface area contributed by atoms with Crippen LogP contribution in [0.15, 0.2) is 0 Å². The van der Waals surface area contributed by atoms with E-state index in [9.17, 15) is 19.2 Å². The van der Waals surface area contributed by atoms with Crippen molar-refractivity contribution >= 4 is 23.5 Å². The van der Waals surface area contributed by atoms with Crippen LogP contribution in [0.25, 0.3) is 0 Å². The van der Waals surface area contributed by atoms with E-state index in [2.05, 4.69) is 4.74 Å². The van der Waals surface area contributed by atoms with Crippen molar-refractivity contribution in [1.82, 2.24) is 0 Å². The summed E-state index contributed by atoms with van der Waals surface area (Å²) in [4.78, 5) is 44.4. The first-order valence-electron chi connectivity index (χ1n) is 6.74. The predicted molar refractivity (Wildman–Crippen MR) is 71.1 cm³/mol. The molecule has 0 aromatic rings. The number of aliphatic carboxylic acids is 1. The number of carbonyl (C=O) groups excluding carboxylic acids is 3. The van der Waals surface area contributed by atoms with E-state index >= 15 is 0 Å². The molecular weight excluding hydrogens is 264 g/mol. The first kappa shape index (κ1) is 18.3. The fourth-order valence-electron chi connectivity index (χ4n) is 1.73. The average Bonchev–Trinajstić information content (AvgIpc) is 2.41. The zero-order valence-electron chi connectivity index (χ0n) is 12.0. The van der Waals surface area contributed by atoms with Gasteiger partial charge < -0.3 is 9.84 Å². The van der Waals surface area contributed by atoms with Gasteiger partial charge in [0, 0.05) is 19.3 Å². The van der Waals surface area contributed by atoms with Gasteiger partial charge in [-0.15, -0.1) is 0 Å². The lowest BCUT2D eigenvalue weighted by molar-refractivity contribution is -0.145. The van der Waals surface area contributed by atoms with Crippen LogP contribution in [0.1, 0.15) is 51.9 Å². The van der Waals surface area contributed by atoms with Crippen molar-refractivity contribution in [2.75, 3.05) is 7.11 Å². The molecule has 0 amide bonds. The normalized spacial score (nSPS) is 11.7. The molecule has 0 saturated carbocycles. The molecule has 1 N–H and O–H groups in total. The molecule has 1 unspecified atom stereocenters. The van der Waals surface area contributed by atoms with Crippen LogP contribution < -0.4 is 0 Å². The van der Waals surface area contributed by atoms with E-state index in [1.54, 1.807) is 6.92 Å². The summed E-state index contributed by atoms with van der Waals surface area (Å²) in [6.45, 7) is 1.71. The second-order valence-corrected chi connectivity index (χ2v) is 4.76. The van der Waals surface area contributed by atoms with E-state index in [1.165, 1.54) is 7.11 Å². The number of carbonyl (C=O) groups is 4. The van der Waals surface area contributed by atoms with Gasteiger partial charge in [-0.25, -0.2) is 0 Å². The molecular formula is C14H22O6. The third kappa shape index (κ3) is 8.39. The van der Waals surface area contributed by atoms with E-state index in [0.29, 0.717) is 25.7 Å². The van der Waals surface area contributed by atoms with Crippen LogP contribution in [0.2, 0.25) is 0 Å². The second-order valence-electron chi connectivity index (χ2n) is 4.76. The third-order valence-electron chi connectivity index (χ3n) is 3.00. The molecule has 6 heteroatoms. The van der Waals surface area contributed by atoms with Gasteiger partial charge >= 0.3 is 11.9 Å². The standard InChI is InChI=1S/C14H22O6/c1-10(14(19)20-2)6-5-8-12(16)11(15)7-3-4-9-13(17)18/h10H,3-9H2,1-2H3,(H,17,18). The zero-order valence-corrected chi connectivity index (χ0v) is 12.0. The Hall–Kier alpha value is -1.72. The molecule has 20 heavy (non-hydrogen) atoms. The average molecular weight is 286 g/mol. The molecule has 0 spiro atoms. The number of ether oxygens (including phenoxy) is 1. The molecule has 114 valence electrons. The van der Waals surface area contributed by atoms with Gasteiger partial charge in [0.25, 0.3) is 0 Å². The molecule has 0 aliphatic rings. The Morgan fingerprint density at radius 1 is 0.950 bits per heavy atom. The fraction of sp³-hybridized carbons (Fsp3) is 0.714. The van der Waals surface area contributed by atoms with Gasteiger partial charge in [0.1, 0.15) is 0 Å². The molecule has 0 aliphatic carbocycles. The highest BCUT2D eigenvalue weighted by molar-refractivity contribution is 6.37. The number of hydrogen-bond donors (Lipinski definition) is 1. The van der Waals surface area contributed by atoms with Crippen molar-refractivity contribution in [1.29, 1.82) is 0 Å². The number of ketones is 2. The summed E-state index contributed by atoms with van der Waals surface area (Å²) in [5.74, 6) is -2.41. The first-order chi connectivity index (χ1) is 9.38. The van der Waals surface area contributed by atoms with Gasteiger partial charge in [-0.1, -0.05) is 6.92 Å². The lowest BCUT2D eigenvalue weighted by Gasteiger charge is -2.07. The number of carboxylic acid groups (broad SMARTS) is 1. The number of unbranched alkanes of at least 4 members (excludes halogenated alkanes) is 1. The summed E-state index contributed by atoms with van der Waals surface area (Å²) in [6.07, 6.45) is 2.01. The number of hydrogen-bond acceptors (Lipinski definition) is 5. The molecule has 6 nitrogen and oxygen atoms in total. The third-order valence-corrected chi connectivity index (χ3v) is 3.00. The van der Waals surface area contributed by atoms with Crippen LogP contribution in [0.5, 0.6) is 0 Å². The predicted octanol–water partition coefficient (Wildman–Crippen LogP) is 1.75. The summed E-state index contributed by atoms with van der Waals surface area (Å²) in [6, 6.07) is 0. The molecule has 0 aliphatic heterocycles. The monoisotopic (exact) mass is 286 g/mol. The second kappa shape index (κ2) is 10.1. The summed E-state index contributed by atoms with van der Waals surface area (Å²) in [5, 5.41) is 8.43. The van der Waals surface area contributed by atoms with Crippen LogP contribution in [-0.2, 0) is 23.9 Å². The largest absolute Gasteiger partial charge is 0.481 e. The highest BCUT2D eigenvalue weighted by atomic mass is 16.5. The van der Waals surface area contributed by atoms with Gasteiger partial charge in [0.05, 0.1) is 13.0 Å². The van der Waals surface area contributed by atoms with Crippen LogP contribution in [0.3, 0.4) is 0 Å². The van der Waals surface area contributed by atoms with E-state index in [-0.39, 0.29) is 31.1 Å². The Morgan fingerprint density at radius 2 is 1.45 bits per heavy atom. The maximum atomic E-state index is 11.5. The van der Waals surface area contributed by atoms with E-state index in [0.717, 1.165) is 0 Å². The van der Waals surface area contributed by atoms with Gasteiger partial charge in [0.15, 0.2) is 11.6 Å². The Labute approximate surface area is 118 Å². The summed E-state index contributed by atoms with van der Waals surface area (Å²) < 4.78 is 4.56. The molecule has 0 aromatic heterocycles. The Balaban J connectivity index is 3.78. The molecule has 0 bridgehead atoms. The van der Waals surface area contributed by atoms with Crippen molar-refractivity contribution in [3.8, 4) is 0 Å². The maximum absolute atomic E-state index is 11.5. The molecule has 0 rings (SSSR count). The van der Waals surface area contributed by atoms with Crippen molar-refractivity contribution < 1.29 is 29.0 Å². The van der Waals surface area contributed by atoms with Crippen LogP contribution >= 0.6 is 0 Å². The summed E-state index contributed by atoms with van der Waals surface area (Å²) in [7, 11) is 1.31. The van der Waals surface area contributed by atoms with Gasteiger partial charge in [0.2, 0.25) is 0 Å². The van der Waals surface area contributed by atoms with Crippen molar-refractivity contribution in [3.63, 3.8) is 0 Å². The molecule has 0 fully saturated rings. The molecule has 0 saturated heterocycles. The Bertz CT molecular complexity index is 361. The molecule has 0 heterocycles. The van der Waals surface area contributed by atoms with E-state index in [4.69, 9.17) is 5.11 Å². The lowest BCUT2D eigenvalue weighted by Crippen LogP contribution is -2.16. The summed E-state index contributed by atoms with van der Waals surface area (Å²) >= 11 is 0. The van der Waals surface area contributed by atoms with E-state index in [1.807, 2.05) is 0 Å². The van der Waals surface area contributed by atoms with Crippen molar-refractivity contribution in [3.05, 3.63) is 0 Å². The van der Waals surface area contributed by atoms with Crippen molar-refractivity contribution in [2.45, 2.75) is 51.9 Å². The molecule has 0 radical (unpaired) electrons. The lowest BCUT2D eigenvalue weighted by atomic mass is 10.00. The Morgan fingerprint density at radius 3 is 1.95 bits per heavy atom. The van der Waals surface area contributed by atoms with E-state index < -0.39 is 17.5 Å². The highest BCUT2D eigenvalue weighted by Crippen LogP contribution is 2.11. The van der Waals surface area contributed by atoms with Gasteiger partial charge in [-0.05, 0) is 25.7 Å². The van der Waals surface area contributed by atoms with Gasteiger partial charge in [-0.2, -0.15) is 0 Å². The minimum Gasteiger partial charge on any atom is -0.481 e. The molecule has 1 atom stereocenters. The molecule has 0 aromatic carbocycles. The SMILES string of the molecule is COC(=O)C(C)CCCC(=O)C(=O)CCCCC(=O)O. The summed E-state index contributed by atoms with van der Waals surface area (Å²) in [5.41, 5.74) is 0. The minimum atomic E-state index is -0.902. The van der Waals surface area contributed by atoms with Crippen LogP contribution in [-0.4, -0.2) is 35.7 Å². The maximum Gasteiger partial charge on any atom is 0.308 e. The number of methoxy groups -OCH3 is 1. The first-order valence-corrected chi connectivity index (χ1v) is 6.74. The number of carboxylic acids is 1. The fourth-order valence-corrected chi connectivity index (χ4v) is 1.73. The van der Waals surface area contributed by atoms with Crippen LogP contribution in [0.4, 0.5) is 0 Å². The zero-order chi connectivity index (χ0) is 15.5. The topological polar surface area (TPSA) is 97.7 Å². The number of rotatable bonds is 11. The number of esters is 1. The number of Topliss-reactive ketones (excluding diaryl/α,β-unsaturated/α-hetero) is 2. The Kier molecular flexibility index (Phi) is 9.24. The van der Waals surface area contributed by atoms with Gasteiger partial charge in [-0.3, -0.25) is 19.2 Å². The quantitative estimate of drug-likeness (QED) is 0.353. The minimum absolute atomic E-state index is 0.0120. The smallest absolute Gasteiger partial charge is 0.308 e. The highest BCUT2D eigenvalue weighted by Gasteiger charge is 2.16. The van der Waals surface area contributed by atoms with Crippen LogP contribution in [0, 0.1) is 5.92 Å². The van der Waals surface area contributed by atoms with Crippen molar-refractivity contribution in [2.24, 2.45) is 5.92 Å².